The Labute approximate surface area is 78.1 Å². The summed E-state index contributed by atoms with van der Waals surface area (Å²) in [6.07, 6.45) is 8.63. The molecule has 0 amide bonds. The third kappa shape index (κ3) is 1.88. The van der Waals surface area contributed by atoms with Gasteiger partial charge in [-0.15, -0.1) is 5.10 Å². The Morgan fingerprint density at radius 1 is 1.46 bits per heavy atom. The molecule has 4 heteroatoms. The van der Waals surface area contributed by atoms with Gasteiger partial charge in [-0.05, 0) is 31.7 Å². The van der Waals surface area contributed by atoms with Gasteiger partial charge in [0.2, 0.25) is 0 Å². The molecule has 1 saturated carbocycles. The molecule has 0 bridgehead atoms. The topological polar surface area (TPSA) is 56.7 Å². The van der Waals surface area contributed by atoms with E-state index >= 15 is 0 Å². The summed E-state index contributed by atoms with van der Waals surface area (Å²) in [5.74, 6) is 0.683. The molecule has 72 valence electrons. The Morgan fingerprint density at radius 2 is 2.38 bits per heavy atom. The van der Waals surface area contributed by atoms with Crippen molar-refractivity contribution in [1.29, 1.82) is 0 Å². The van der Waals surface area contributed by atoms with Gasteiger partial charge in [-0.3, -0.25) is 0 Å². The lowest BCUT2D eigenvalue weighted by atomic mass is 9.86. The molecule has 1 aliphatic rings. The Morgan fingerprint density at radius 3 is 3.08 bits per heavy atom. The Bertz CT molecular complexity index is 244. The van der Waals surface area contributed by atoms with Gasteiger partial charge < -0.3 is 5.73 Å². The van der Waals surface area contributed by atoms with Crippen LogP contribution in [0.3, 0.4) is 0 Å². The fraction of sp³-hybridized carbons (Fsp3) is 0.778. The minimum atomic E-state index is 0.532. The third-order valence-corrected chi connectivity index (χ3v) is 2.90. The van der Waals surface area contributed by atoms with Crippen LogP contribution in [0.1, 0.15) is 31.7 Å². The number of hydrogen-bond donors (Lipinski definition) is 1. The molecule has 1 heterocycles. The highest BCUT2D eigenvalue weighted by atomic mass is 15.4. The molecule has 4 nitrogen and oxygen atoms in total. The fourth-order valence-corrected chi connectivity index (χ4v) is 2.13. The van der Waals surface area contributed by atoms with Crippen LogP contribution in [0.25, 0.3) is 0 Å². The van der Waals surface area contributed by atoms with Crippen molar-refractivity contribution in [2.75, 3.05) is 6.54 Å². The van der Waals surface area contributed by atoms with Crippen molar-refractivity contribution >= 4 is 0 Å². The molecule has 2 atom stereocenters. The lowest BCUT2D eigenvalue weighted by Crippen LogP contribution is -2.24. The minimum Gasteiger partial charge on any atom is -0.330 e. The second-order valence-corrected chi connectivity index (χ2v) is 3.81. The summed E-state index contributed by atoms with van der Waals surface area (Å²) in [4.78, 5) is 0. The van der Waals surface area contributed by atoms with Gasteiger partial charge in [-0.2, -0.15) is 0 Å². The standard InChI is InChI=1S/C9H16N4/c10-7-8-2-1-3-9(6-8)13-5-4-11-12-13/h4-5,8-9H,1-3,6-7,10H2. The van der Waals surface area contributed by atoms with Crippen LogP contribution in [-0.4, -0.2) is 21.5 Å². The predicted octanol–water partition coefficient (Wildman–Crippen LogP) is 0.968. The smallest absolute Gasteiger partial charge is 0.0693 e. The van der Waals surface area contributed by atoms with Crippen molar-refractivity contribution in [3.05, 3.63) is 12.4 Å². The van der Waals surface area contributed by atoms with Crippen LogP contribution in [0.15, 0.2) is 12.4 Å². The van der Waals surface area contributed by atoms with Crippen molar-refractivity contribution in [3.63, 3.8) is 0 Å². The maximum atomic E-state index is 5.67. The lowest BCUT2D eigenvalue weighted by Gasteiger charge is -2.27. The summed E-state index contributed by atoms with van der Waals surface area (Å²) < 4.78 is 1.97. The van der Waals surface area contributed by atoms with Crippen LogP contribution < -0.4 is 5.73 Å². The molecule has 2 unspecified atom stereocenters. The molecule has 0 aliphatic heterocycles. The highest BCUT2D eigenvalue weighted by Gasteiger charge is 2.22. The average molecular weight is 180 g/mol. The Hall–Kier alpha value is -0.900. The zero-order valence-corrected chi connectivity index (χ0v) is 7.76. The first-order valence-corrected chi connectivity index (χ1v) is 4.96. The third-order valence-electron chi connectivity index (χ3n) is 2.90. The Balaban J connectivity index is 2.00. The maximum Gasteiger partial charge on any atom is 0.0693 e. The summed E-state index contributed by atoms with van der Waals surface area (Å²) in [5, 5.41) is 7.86. The SMILES string of the molecule is NCC1CCCC(n2ccnn2)C1. The van der Waals surface area contributed by atoms with Crippen LogP contribution in [-0.2, 0) is 0 Å². The summed E-state index contributed by atoms with van der Waals surface area (Å²) in [5.41, 5.74) is 5.67. The minimum absolute atomic E-state index is 0.532. The van der Waals surface area contributed by atoms with Crippen molar-refractivity contribution in [2.45, 2.75) is 31.7 Å². The molecule has 1 fully saturated rings. The van der Waals surface area contributed by atoms with Crippen LogP contribution in [0.2, 0.25) is 0 Å². The van der Waals surface area contributed by atoms with Gasteiger partial charge >= 0.3 is 0 Å². The van der Waals surface area contributed by atoms with E-state index in [4.69, 9.17) is 5.73 Å². The quantitative estimate of drug-likeness (QED) is 0.737. The van der Waals surface area contributed by atoms with E-state index in [0.717, 1.165) is 6.54 Å². The van der Waals surface area contributed by atoms with Crippen LogP contribution in [0.4, 0.5) is 0 Å². The van der Waals surface area contributed by atoms with E-state index in [0.29, 0.717) is 12.0 Å². The van der Waals surface area contributed by atoms with Gasteiger partial charge in [-0.1, -0.05) is 11.6 Å². The van der Waals surface area contributed by atoms with Gasteiger partial charge in [0.05, 0.1) is 12.2 Å². The van der Waals surface area contributed by atoms with Gasteiger partial charge in [0.25, 0.3) is 0 Å². The first-order valence-electron chi connectivity index (χ1n) is 4.96. The van der Waals surface area contributed by atoms with Gasteiger partial charge in [0.1, 0.15) is 0 Å². The highest BCUT2D eigenvalue weighted by Crippen LogP contribution is 2.30. The number of nitrogens with zero attached hydrogens (tertiary/aromatic N) is 3. The second kappa shape index (κ2) is 3.87. The summed E-state index contributed by atoms with van der Waals surface area (Å²) in [6, 6.07) is 0.532. The maximum absolute atomic E-state index is 5.67. The van der Waals surface area contributed by atoms with Crippen molar-refractivity contribution in [3.8, 4) is 0 Å². The second-order valence-electron chi connectivity index (χ2n) is 3.81. The number of rotatable bonds is 2. The average Bonchev–Trinajstić information content (AvgIpc) is 2.71. The van der Waals surface area contributed by atoms with E-state index < -0.39 is 0 Å². The highest BCUT2D eigenvalue weighted by molar-refractivity contribution is 4.79. The number of nitrogens with two attached hydrogens (primary N) is 1. The van der Waals surface area contributed by atoms with Gasteiger partial charge in [-0.25, -0.2) is 4.68 Å². The van der Waals surface area contributed by atoms with E-state index in [2.05, 4.69) is 10.3 Å². The van der Waals surface area contributed by atoms with Crippen molar-refractivity contribution in [1.82, 2.24) is 15.0 Å². The van der Waals surface area contributed by atoms with Crippen LogP contribution in [0.5, 0.6) is 0 Å². The molecule has 1 aromatic heterocycles. The Kier molecular flexibility index (Phi) is 2.59. The largest absolute Gasteiger partial charge is 0.330 e. The van der Waals surface area contributed by atoms with E-state index in [1.807, 2.05) is 10.9 Å². The van der Waals surface area contributed by atoms with Gasteiger partial charge in [0.15, 0.2) is 0 Å². The van der Waals surface area contributed by atoms with Crippen LogP contribution >= 0.6 is 0 Å². The molecule has 0 aromatic carbocycles. The molecular formula is C9H16N4. The predicted molar refractivity (Wildman–Crippen MR) is 50.1 cm³/mol. The summed E-state index contributed by atoms with van der Waals surface area (Å²) >= 11 is 0. The molecule has 0 spiro atoms. The van der Waals surface area contributed by atoms with Gasteiger partial charge in [0, 0.05) is 6.20 Å². The van der Waals surface area contributed by atoms with E-state index in [-0.39, 0.29) is 0 Å². The molecule has 2 N–H and O–H groups in total. The molecule has 0 radical (unpaired) electrons. The first kappa shape index (κ1) is 8.69. The number of aromatic nitrogens is 3. The zero-order valence-electron chi connectivity index (χ0n) is 7.76. The fourth-order valence-electron chi connectivity index (χ4n) is 2.13. The summed E-state index contributed by atoms with van der Waals surface area (Å²) in [7, 11) is 0. The van der Waals surface area contributed by atoms with Crippen molar-refractivity contribution in [2.24, 2.45) is 11.7 Å². The summed E-state index contributed by atoms with van der Waals surface area (Å²) in [6.45, 7) is 0.811. The van der Waals surface area contributed by atoms with E-state index in [9.17, 15) is 0 Å². The zero-order chi connectivity index (χ0) is 9.10. The first-order chi connectivity index (χ1) is 6.40. The number of hydrogen-bond acceptors (Lipinski definition) is 3. The van der Waals surface area contributed by atoms with E-state index in [1.54, 1.807) is 6.20 Å². The molecule has 1 aliphatic carbocycles. The normalized spacial score (nSPS) is 29.0. The lowest BCUT2D eigenvalue weighted by molar-refractivity contribution is 0.254. The molecule has 13 heavy (non-hydrogen) atoms. The van der Waals surface area contributed by atoms with Crippen LogP contribution in [0, 0.1) is 5.92 Å². The van der Waals surface area contributed by atoms with E-state index in [1.165, 1.54) is 25.7 Å². The monoisotopic (exact) mass is 180 g/mol. The van der Waals surface area contributed by atoms with Crippen molar-refractivity contribution < 1.29 is 0 Å². The molecule has 0 saturated heterocycles. The molecular weight excluding hydrogens is 164 g/mol. The molecule has 1 aromatic rings. The molecule has 2 rings (SSSR count).